The van der Waals surface area contributed by atoms with Crippen LogP contribution in [0.5, 0.6) is 11.5 Å². The molecule has 1 N–H and O–H groups in total. The van der Waals surface area contributed by atoms with Gasteiger partial charge in [-0.3, -0.25) is 4.79 Å². The normalized spacial score (nSPS) is 11.5. The van der Waals surface area contributed by atoms with E-state index in [4.69, 9.17) is 21.1 Å². The number of ether oxygens (including phenoxy) is 2. The van der Waals surface area contributed by atoms with Gasteiger partial charge in [-0.15, -0.1) is 0 Å². The minimum absolute atomic E-state index is 0.143. The van der Waals surface area contributed by atoms with Crippen LogP contribution in [-0.2, 0) is 4.79 Å². The van der Waals surface area contributed by atoms with Crippen molar-refractivity contribution in [1.82, 2.24) is 5.32 Å². The van der Waals surface area contributed by atoms with Gasteiger partial charge < -0.3 is 14.8 Å². The molecule has 22 heavy (non-hydrogen) atoms. The lowest BCUT2D eigenvalue weighted by atomic mass is 10.0. The molecule has 0 aliphatic carbocycles. The lowest BCUT2D eigenvalue weighted by Gasteiger charge is -2.23. The van der Waals surface area contributed by atoms with Crippen LogP contribution in [0.25, 0.3) is 6.08 Å². The highest BCUT2D eigenvalue weighted by molar-refractivity contribution is 6.32. The van der Waals surface area contributed by atoms with E-state index in [-0.39, 0.29) is 11.4 Å². The van der Waals surface area contributed by atoms with E-state index in [9.17, 15) is 4.79 Å². The molecule has 0 unspecified atom stereocenters. The number of carbonyl (C=O) groups is 1. The number of halogens is 1. The molecule has 0 heterocycles. The first-order chi connectivity index (χ1) is 10.3. The van der Waals surface area contributed by atoms with Crippen molar-refractivity contribution >= 4 is 23.6 Å². The third-order valence-corrected chi connectivity index (χ3v) is 3.59. The molecule has 1 rings (SSSR count). The summed E-state index contributed by atoms with van der Waals surface area (Å²) in [7, 11) is 1.55. The van der Waals surface area contributed by atoms with Crippen LogP contribution in [0.15, 0.2) is 18.2 Å². The highest BCUT2D eigenvalue weighted by atomic mass is 35.5. The second-order valence-electron chi connectivity index (χ2n) is 5.53. The first-order valence-electron chi connectivity index (χ1n) is 7.33. The van der Waals surface area contributed by atoms with Crippen molar-refractivity contribution in [2.75, 3.05) is 13.7 Å². The SMILES string of the molecule is CCOc1c(Cl)cc(C=CC(=O)NC(C)(C)CC)cc1OC. The molecule has 122 valence electrons. The Morgan fingerprint density at radius 1 is 1.36 bits per heavy atom. The Morgan fingerprint density at radius 2 is 2.05 bits per heavy atom. The second-order valence-corrected chi connectivity index (χ2v) is 5.93. The summed E-state index contributed by atoms with van der Waals surface area (Å²) in [5, 5.41) is 3.39. The van der Waals surface area contributed by atoms with Gasteiger partial charge in [-0.2, -0.15) is 0 Å². The average molecular weight is 326 g/mol. The van der Waals surface area contributed by atoms with Crippen molar-refractivity contribution in [1.29, 1.82) is 0 Å². The number of rotatable bonds is 7. The van der Waals surface area contributed by atoms with Gasteiger partial charge in [-0.05, 0) is 51.0 Å². The average Bonchev–Trinajstić information content (AvgIpc) is 2.47. The molecular weight excluding hydrogens is 302 g/mol. The van der Waals surface area contributed by atoms with Crippen molar-refractivity contribution < 1.29 is 14.3 Å². The van der Waals surface area contributed by atoms with Gasteiger partial charge in [0.25, 0.3) is 0 Å². The molecular formula is C17H24ClNO3. The molecule has 1 aromatic carbocycles. The van der Waals surface area contributed by atoms with E-state index in [1.54, 1.807) is 25.3 Å². The minimum Gasteiger partial charge on any atom is -0.493 e. The molecule has 0 saturated heterocycles. The van der Waals surface area contributed by atoms with Crippen LogP contribution >= 0.6 is 11.6 Å². The zero-order chi connectivity index (χ0) is 16.8. The van der Waals surface area contributed by atoms with E-state index >= 15 is 0 Å². The maximum absolute atomic E-state index is 11.9. The zero-order valence-corrected chi connectivity index (χ0v) is 14.6. The Morgan fingerprint density at radius 3 is 2.59 bits per heavy atom. The van der Waals surface area contributed by atoms with Gasteiger partial charge in [0.2, 0.25) is 5.91 Å². The number of methoxy groups -OCH3 is 1. The standard InChI is InChI=1S/C17H24ClNO3/c1-6-17(3,4)19-15(20)9-8-12-10-13(18)16(22-7-2)14(11-12)21-5/h8-11H,6-7H2,1-5H3,(H,19,20). The molecule has 0 spiro atoms. The predicted octanol–water partition coefficient (Wildman–Crippen LogP) is 4.07. The van der Waals surface area contributed by atoms with E-state index in [1.807, 2.05) is 27.7 Å². The summed E-state index contributed by atoms with van der Waals surface area (Å²) in [6.07, 6.45) is 4.04. The molecule has 0 bridgehead atoms. The summed E-state index contributed by atoms with van der Waals surface area (Å²) in [5.41, 5.74) is 0.546. The predicted molar refractivity (Wildman–Crippen MR) is 90.7 cm³/mol. The van der Waals surface area contributed by atoms with Crippen molar-refractivity contribution in [3.8, 4) is 11.5 Å². The Bertz CT molecular complexity index is 553. The van der Waals surface area contributed by atoms with Gasteiger partial charge in [-0.25, -0.2) is 0 Å². The van der Waals surface area contributed by atoms with Crippen LogP contribution in [0, 0.1) is 0 Å². The van der Waals surface area contributed by atoms with Gasteiger partial charge in [0, 0.05) is 11.6 Å². The van der Waals surface area contributed by atoms with Gasteiger partial charge in [0.1, 0.15) is 0 Å². The maximum atomic E-state index is 11.9. The number of amides is 1. The fourth-order valence-corrected chi connectivity index (χ4v) is 2.03. The first kappa shape index (κ1) is 18.4. The molecule has 0 aromatic heterocycles. The van der Waals surface area contributed by atoms with Crippen LogP contribution < -0.4 is 14.8 Å². The maximum Gasteiger partial charge on any atom is 0.244 e. The molecule has 5 heteroatoms. The first-order valence-corrected chi connectivity index (χ1v) is 7.71. The molecule has 1 aromatic rings. The lowest BCUT2D eigenvalue weighted by Crippen LogP contribution is -2.41. The fourth-order valence-electron chi connectivity index (χ4n) is 1.76. The quantitative estimate of drug-likeness (QED) is 0.769. The van der Waals surface area contributed by atoms with Crippen LogP contribution in [0.4, 0.5) is 0 Å². The van der Waals surface area contributed by atoms with Gasteiger partial charge in [-0.1, -0.05) is 18.5 Å². The van der Waals surface area contributed by atoms with Crippen molar-refractivity contribution in [3.05, 3.63) is 28.8 Å². The van der Waals surface area contributed by atoms with E-state index in [1.165, 1.54) is 6.08 Å². The molecule has 0 fully saturated rings. The third kappa shape index (κ3) is 5.26. The number of benzene rings is 1. The minimum atomic E-state index is -0.227. The van der Waals surface area contributed by atoms with Crippen LogP contribution in [-0.4, -0.2) is 25.2 Å². The molecule has 0 saturated carbocycles. The molecule has 0 atom stereocenters. The Labute approximate surface area is 137 Å². The van der Waals surface area contributed by atoms with Crippen molar-refractivity contribution in [2.45, 2.75) is 39.7 Å². The summed E-state index contributed by atoms with van der Waals surface area (Å²) in [6.45, 7) is 8.37. The number of carbonyl (C=O) groups excluding carboxylic acids is 1. The Kier molecular flexibility index (Phi) is 6.75. The molecule has 0 aliphatic rings. The summed E-state index contributed by atoms with van der Waals surface area (Å²) >= 11 is 6.20. The second kappa shape index (κ2) is 8.08. The third-order valence-electron chi connectivity index (χ3n) is 3.31. The fraction of sp³-hybridized carbons (Fsp3) is 0.471. The highest BCUT2D eigenvalue weighted by Gasteiger charge is 2.16. The van der Waals surface area contributed by atoms with Gasteiger partial charge in [0.15, 0.2) is 11.5 Å². The molecule has 0 aliphatic heterocycles. The summed E-state index contributed by atoms with van der Waals surface area (Å²) in [4.78, 5) is 11.9. The number of hydrogen-bond donors (Lipinski definition) is 1. The Hall–Kier alpha value is -1.68. The smallest absolute Gasteiger partial charge is 0.244 e. The van der Waals surface area contributed by atoms with Crippen LogP contribution in [0.2, 0.25) is 5.02 Å². The van der Waals surface area contributed by atoms with E-state index < -0.39 is 0 Å². The van der Waals surface area contributed by atoms with E-state index in [2.05, 4.69) is 5.32 Å². The molecule has 4 nitrogen and oxygen atoms in total. The van der Waals surface area contributed by atoms with E-state index in [0.29, 0.717) is 23.1 Å². The number of nitrogens with one attached hydrogen (secondary N) is 1. The summed E-state index contributed by atoms with van der Waals surface area (Å²) < 4.78 is 10.7. The summed E-state index contributed by atoms with van der Waals surface area (Å²) in [5.74, 6) is 0.916. The van der Waals surface area contributed by atoms with Crippen LogP contribution in [0.3, 0.4) is 0 Å². The van der Waals surface area contributed by atoms with Gasteiger partial charge in [0.05, 0.1) is 18.7 Å². The van der Waals surface area contributed by atoms with Crippen LogP contribution in [0.1, 0.15) is 39.7 Å². The number of hydrogen-bond acceptors (Lipinski definition) is 3. The monoisotopic (exact) mass is 325 g/mol. The topological polar surface area (TPSA) is 47.6 Å². The molecule has 1 amide bonds. The highest BCUT2D eigenvalue weighted by Crippen LogP contribution is 2.36. The van der Waals surface area contributed by atoms with Gasteiger partial charge >= 0.3 is 0 Å². The van der Waals surface area contributed by atoms with Crippen molar-refractivity contribution in [3.63, 3.8) is 0 Å². The van der Waals surface area contributed by atoms with Crippen molar-refractivity contribution in [2.24, 2.45) is 0 Å². The zero-order valence-electron chi connectivity index (χ0n) is 13.8. The summed E-state index contributed by atoms with van der Waals surface area (Å²) in [6, 6.07) is 3.52. The molecule has 0 radical (unpaired) electrons. The van der Waals surface area contributed by atoms with E-state index in [0.717, 1.165) is 12.0 Å². The Balaban J connectivity index is 2.92. The lowest BCUT2D eigenvalue weighted by molar-refractivity contribution is -0.117. The largest absolute Gasteiger partial charge is 0.493 e.